The molecule has 1 fully saturated rings. The number of nitrogens with zero attached hydrogens (tertiary/aromatic N) is 2. The van der Waals surface area contributed by atoms with Crippen molar-refractivity contribution in [2.45, 2.75) is 44.7 Å². The maximum atomic E-state index is 13.0. The van der Waals surface area contributed by atoms with Crippen molar-refractivity contribution in [1.82, 2.24) is 15.1 Å². The molecule has 1 unspecified atom stereocenters. The Morgan fingerprint density at radius 1 is 0.951 bits per heavy atom. The molecule has 2 aliphatic heterocycles. The van der Waals surface area contributed by atoms with Crippen molar-refractivity contribution < 1.29 is 24.3 Å². The molecule has 4 amide bonds. The Bertz CT molecular complexity index is 1390. The Morgan fingerprint density at radius 2 is 1.73 bits per heavy atom. The van der Waals surface area contributed by atoms with Gasteiger partial charge in [0.2, 0.25) is 11.8 Å². The number of carbonyl (C=O) groups excluding carboxylic acids is 3. The van der Waals surface area contributed by atoms with E-state index >= 15 is 0 Å². The summed E-state index contributed by atoms with van der Waals surface area (Å²) in [5, 5.41) is 17.3. The maximum absolute atomic E-state index is 13.0. The van der Waals surface area contributed by atoms with Crippen LogP contribution in [0.2, 0.25) is 0 Å². The van der Waals surface area contributed by atoms with Gasteiger partial charge in [0, 0.05) is 43.2 Å². The number of carboxylic acid groups (broad SMARTS) is 1. The molecule has 41 heavy (non-hydrogen) atoms. The molecule has 3 N–H and O–H groups in total. The summed E-state index contributed by atoms with van der Waals surface area (Å²) in [4.78, 5) is 55.0. The van der Waals surface area contributed by atoms with E-state index in [9.17, 15) is 24.3 Å². The number of anilines is 1. The van der Waals surface area contributed by atoms with Gasteiger partial charge in [-0.15, -0.1) is 11.3 Å². The minimum Gasteiger partial charge on any atom is -0.480 e. The Hall–Kier alpha value is -4.18. The molecule has 0 saturated carbocycles. The first-order chi connectivity index (χ1) is 19.9. The summed E-state index contributed by atoms with van der Waals surface area (Å²) in [6.07, 6.45) is 2.54. The predicted molar refractivity (Wildman–Crippen MR) is 157 cm³/mol. The molecular weight excluding hydrogens is 540 g/mol. The number of hydrogen-bond acceptors (Lipinski definition) is 5. The van der Waals surface area contributed by atoms with Crippen LogP contribution in [0.3, 0.4) is 0 Å². The van der Waals surface area contributed by atoms with Crippen LogP contribution in [0.15, 0.2) is 66.0 Å². The quantitative estimate of drug-likeness (QED) is 0.377. The predicted octanol–water partition coefficient (Wildman–Crippen LogP) is 3.93. The smallest absolute Gasteiger partial charge is 0.326 e. The lowest BCUT2D eigenvalue weighted by Crippen LogP contribution is -2.50. The van der Waals surface area contributed by atoms with Crippen LogP contribution in [0.5, 0.6) is 0 Å². The zero-order valence-electron chi connectivity index (χ0n) is 22.8. The van der Waals surface area contributed by atoms with Crippen LogP contribution >= 0.6 is 11.3 Å². The minimum atomic E-state index is -1.12. The molecule has 1 saturated heterocycles. The van der Waals surface area contributed by atoms with Gasteiger partial charge in [-0.05, 0) is 59.5 Å². The number of hydrogen-bond donors (Lipinski definition) is 3. The second-order valence-corrected chi connectivity index (χ2v) is 11.6. The normalized spacial score (nSPS) is 17.3. The van der Waals surface area contributed by atoms with Crippen molar-refractivity contribution in [2.75, 3.05) is 25.0 Å². The van der Waals surface area contributed by atoms with Crippen LogP contribution < -0.4 is 10.6 Å². The fourth-order valence-electron chi connectivity index (χ4n) is 5.41. The molecule has 0 spiro atoms. The molecule has 214 valence electrons. The second kappa shape index (κ2) is 13.0. The van der Waals surface area contributed by atoms with E-state index in [1.165, 1.54) is 16.9 Å². The van der Waals surface area contributed by atoms with Gasteiger partial charge in [0.1, 0.15) is 6.04 Å². The molecule has 10 heteroatoms. The van der Waals surface area contributed by atoms with Crippen LogP contribution in [-0.4, -0.2) is 64.4 Å². The van der Waals surface area contributed by atoms with E-state index in [1.54, 1.807) is 34.1 Å². The number of thiophene rings is 1. The molecule has 0 aliphatic carbocycles. The van der Waals surface area contributed by atoms with E-state index in [2.05, 4.69) is 16.7 Å². The molecule has 2 aliphatic rings. The SMILES string of the molecule is O=C(N[C@@H](Cc1ccc(NC(=O)N2CCc3ccccc3C2)cc1)C(=O)O)C1CCCN(C(=O)Cc2cccs2)C1. The van der Waals surface area contributed by atoms with Crippen molar-refractivity contribution in [1.29, 1.82) is 0 Å². The number of nitrogens with one attached hydrogen (secondary N) is 2. The molecule has 3 aromatic rings. The molecule has 5 rings (SSSR count). The zero-order chi connectivity index (χ0) is 28.8. The first-order valence-electron chi connectivity index (χ1n) is 13.9. The number of piperidine rings is 1. The van der Waals surface area contributed by atoms with Gasteiger partial charge in [0.15, 0.2) is 0 Å². The summed E-state index contributed by atoms with van der Waals surface area (Å²) in [6, 6.07) is 17.7. The standard InChI is InChI=1S/C31H34N4O5S/c36-28(18-26-8-4-16-41-26)34-14-3-7-24(20-34)29(37)33-27(30(38)39)17-21-9-11-25(12-10-21)32-31(40)35-15-13-22-5-1-2-6-23(22)19-35/h1-2,4-6,8-12,16,24,27H,3,7,13-15,17-20H2,(H,32,40)(H,33,37)(H,38,39)/t24?,27-/m0/s1. The summed E-state index contributed by atoms with van der Waals surface area (Å²) >= 11 is 1.53. The Morgan fingerprint density at radius 3 is 2.46 bits per heavy atom. The van der Waals surface area contributed by atoms with Gasteiger partial charge in [-0.2, -0.15) is 0 Å². The van der Waals surface area contributed by atoms with Crippen molar-refractivity contribution in [3.05, 3.63) is 87.6 Å². The van der Waals surface area contributed by atoms with Gasteiger partial charge in [0.05, 0.1) is 12.3 Å². The van der Waals surface area contributed by atoms with E-state index in [0.717, 1.165) is 22.4 Å². The number of likely N-dealkylation sites (tertiary alicyclic amines) is 1. The highest BCUT2D eigenvalue weighted by Gasteiger charge is 2.31. The van der Waals surface area contributed by atoms with Crippen molar-refractivity contribution in [3.63, 3.8) is 0 Å². The molecular formula is C31H34N4O5S. The third-order valence-electron chi connectivity index (χ3n) is 7.73. The number of urea groups is 1. The lowest BCUT2D eigenvalue weighted by Gasteiger charge is -2.32. The molecule has 0 bridgehead atoms. The summed E-state index contributed by atoms with van der Waals surface area (Å²) in [6.45, 7) is 2.09. The average Bonchev–Trinajstić information content (AvgIpc) is 3.50. The zero-order valence-corrected chi connectivity index (χ0v) is 23.6. The monoisotopic (exact) mass is 574 g/mol. The van der Waals surface area contributed by atoms with Gasteiger partial charge in [-0.1, -0.05) is 42.5 Å². The fraction of sp³-hybridized carbons (Fsp3) is 0.355. The first kappa shape index (κ1) is 28.4. The van der Waals surface area contributed by atoms with E-state index in [0.29, 0.717) is 51.1 Å². The fourth-order valence-corrected chi connectivity index (χ4v) is 6.11. The van der Waals surface area contributed by atoms with Crippen LogP contribution in [0.1, 0.15) is 34.4 Å². The van der Waals surface area contributed by atoms with Crippen LogP contribution in [-0.2, 0) is 40.2 Å². The van der Waals surface area contributed by atoms with Gasteiger partial charge < -0.3 is 25.5 Å². The van der Waals surface area contributed by atoms with E-state index in [4.69, 9.17) is 0 Å². The topological polar surface area (TPSA) is 119 Å². The lowest BCUT2D eigenvalue weighted by atomic mass is 9.96. The average molecular weight is 575 g/mol. The van der Waals surface area contributed by atoms with Crippen LogP contribution in [0.4, 0.5) is 10.5 Å². The lowest BCUT2D eigenvalue weighted by molar-refractivity contribution is -0.143. The van der Waals surface area contributed by atoms with Crippen LogP contribution in [0, 0.1) is 5.92 Å². The summed E-state index contributed by atoms with van der Waals surface area (Å²) < 4.78 is 0. The maximum Gasteiger partial charge on any atom is 0.326 e. The number of amides is 4. The number of fused-ring (bicyclic) bond motifs is 1. The van der Waals surface area contributed by atoms with Gasteiger partial charge >= 0.3 is 12.0 Å². The second-order valence-electron chi connectivity index (χ2n) is 10.6. The van der Waals surface area contributed by atoms with Crippen molar-refractivity contribution in [2.24, 2.45) is 5.92 Å². The largest absolute Gasteiger partial charge is 0.480 e. The van der Waals surface area contributed by atoms with Gasteiger partial charge in [-0.3, -0.25) is 9.59 Å². The number of rotatable bonds is 8. The third kappa shape index (κ3) is 7.32. The number of carbonyl (C=O) groups is 4. The number of carboxylic acids is 1. The van der Waals surface area contributed by atoms with E-state index in [1.807, 2.05) is 35.7 Å². The molecule has 2 atom stereocenters. The van der Waals surface area contributed by atoms with Crippen molar-refractivity contribution in [3.8, 4) is 0 Å². The van der Waals surface area contributed by atoms with E-state index < -0.39 is 17.9 Å². The van der Waals surface area contributed by atoms with Crippen molar-refractivity contribution >= 4 is 40.8 Å². The van der Waals surface area contributed by atoms with Crippen LogP contribution in [0.25, 0.3) is 0 Å². The minimum absolute atomic E-state index is 0.0166. The van der Waals surface area contributed by atoms with E-state index in [-0.39, 0.29) is 24.3 Å². The van der Waals surface area contributed by atoms with Gasteiger partial charge in [-0.25, -0.2) is 9.59 Å². The summed E-state index contributed by atoms with van der Waals surface area (Å²) in [7, 11) is 0. The first-order valence-corrected chi connectivity index (χ1v) is 14.8. The molecule has 2 aromatic carbocycles. The Balaban J connectivity index is 1.13. The third-order valence-corrected chi connectivity index (χ3v) is 8.60. The highest BCUT2D eigenvalue weighted by Crippen LogP contribution is 2.21. The summed E-state index contributed by atoms with van der Waals surface area (Å²) in [5.74, 6) is -1.94. The molecule has 3 heterocycles. The Labute approximate surface area is 243 Å². The number of benzene rings is 2. The highest BCUT2D eigenvalue weighted by molar-refractivity contribution is 7.10. The number of aliphatic carboxylic acids is 1. The Kier molecular flexibility index (Phi) is 8.98. The molecule has 9 nitrogen and oxygen atoms in total. The summed E-state index contributed by atoms with van der Waals surface area (Å²) in [5.41, 5.74) is 3.75. The highest BCUT2D eigenvalue weighted by atomic mass is 32.1. The van der Waals surface area contributed by atoms with Gasteiger partial charge in [0.25, 0.3) is 0 Å². The molecule has 0 radical (unpaired) electrons. The molecule has 1 aromatic heterocycles.